The number of benzene rings is 1. The molecule has 1 aliphatic rings. The van der Waals surface area contributed by atoms with Crippen molar-refractivity contribution in [3.63, 3.8) is 0 Å². The maximum Gasteiger partial charge on any atom is 0.410 e. The zero-order valence-corrected chi connectivity index (χ0v) is 12.5. The lowest BCUT2D eigenvalue weighted by atomic mass is 10.00. The average molecular weight is 291 g/mol. The van der Waals surface area contributed by atoms with Crippen LogP contribution in [0, 0.1) is 5.92 Å². The molecule has 0 radical (unpaired) electrons. The first kappa shape index (κ1) is 15.4. The fraction of sp³-hybridized carbons (Fsp3) is 0.500. The van der Waals surface area contributed by atoms with Crippen LogP contribution in [0.2, 0.25) is 0 Å². The van der Waals surface area contributed by atoms with Crippen molar-refractivity contribution in [2.45, 2.75) is 25.8 Å². The molecule has 1 aromatic carbocycles. The van der Waals surface area contributed by atoms with Crippen molar-refractivity contribution >= 4 is 12.1 Å². The molecular formula is C16H21NO4. The number of carbonyl (C=O) groups excluding carboxylic acids is 2. The number of esters is 1. The van der Waals surface area contributed by atoms with Crippen LogP contribution in [0.4, 0.5) is 4.79 Å². The number of hydrogen-bond donors (Lipinski definition) is 0. The van der Waals surface area contributed by atoms with Crippen LogP contribution < -0.4 is 0 Å². The van der Waals surface area contributed by atoms with Gasteiger partial charge in [0, 0.05) is 13.0 Å². The predicted molar refractivity (Wildman–Crippen MR) is 77.7 cm³/mol. The topological polar surface area (TPSA) is 55.8 Å². The highest BCUT2D eigenvalue weighted by atomic mass is 16.6. The normalized spacial score (nSPS) is 19.2. The first-order valence-corrected chi connectivity index (χ1v) is 7.20. The van der Waals surface area contributed by atoms with Crippen LogP contribution in [0.15, 0.2) is 30.3 Å². The Hall–Kier alpha value is -2.04. The van der Waals surface area contributed by atoms with E-state index in [4.69, 9.17) is 9.47 Å². The maximum atomic E-state index is 12.0. The molecule has 0 spiro atoms. The summed E-state index contributed by atoms with van der Waals surface area (Å²) in [7, 11) is 1.38. The highest BCUT2D eigenvalue weighted by Crippen LogP contribution is 2.29. The molecule has 1 fully saturated rings. The molecule has 1 saturated heterocycles. The average Bonchev–Trinajstić information content (AvgIpc) is 2.88. The van der Waals surface area contributed by atoms with Gasteiger partial charge in [-0.25, -0.2) is 4.79 Å². The number of carbonyl (C=O) groups is 2. The third-order valence-electron chi connectivity index (χ3n) is 3.88. The Balaban J connectivity index is 2.08. The van der Waals surface area contributed by atoms with Crippen molar-refractivity contribution in [1.29, 1.82) is 0 Å². The molecule has 0 unspecified atom stereocenters. The Morgan fingerprint density at radius 3 is 2.76 bits per heavy atom. The van der Waals surface area contributed by atoms with Gasteiger partial charge in [0.15, 0.2) is 0 Å². The highest BCUT2D eigenvalue weighted by Gasteiger charge is 2.35. The fourth-order valence-electron chi connectivity index (χ4n) is 2.54. The standard InChI is InChI=1S/C16H21NO4/c1-3-12(9-15(18)20-2)10-17-14(11-21-16(17)19)13-7-5-4-6-8-13/h4-8,12,14H,3,9-11H2,1-2H3/t12-,14+/m0/s1. The van der Waals surface area contributed by atoms with Crippen molar-refractivity contribution in [2.75, 3.05) is 20.3 Å². The largest absolute Gasteiger partial charge is 0.469 e. The molecule has 2 atom stereocenters. The number of hydrogen-bond acceptors (Lipinski definition) is 4. The van der Waals surface area contributed by atoms with Crippen LogP contribution in [-0.2, 0) is 14.3 Å². The lowest BCUT2D eigenvalue weighted by molar-refractivity contribution is -0.141. The van der Waals surface area contributed by atoms with E-state index in [9.17, 15) is 9.59 Å². The van der Waals surface area contributed by atoms with Crippen molar-refractivity contribution in [3.8, 4) is 0 Å². The van der Waals surface area contributed by atoms with Gasteiger partial charge in [0.05, 0.1) is 13.2 Å². The lowest BCUT2D eigenvalue weighted by Gasteiger charge is -2.25. The second-order valence-corrected chi connectivity index (χ2v) is 5.21. The summed E-state index contributed by atoms with van der Waals surface area (Å²) in [6.45, 7) is 2.87. The zero-order valence-electron chi connectivity index (χ0n) is 12.5. The summed E-state index contributed by atoms with van der Waals surface area (Å²) in [5.41, 5.74) is 1.05. The van der Waals surface area contributed by atoms with Gasteiger partial charge in [0.1, 0.15) is 6.61 Å². The lowest BCUT2D eigenvalue weighted by Crippen LogP contribution is -2.33. The van der Waals surface area contributed by atoms with Gasteiger partial charge in [-0.3, -0.25) is 9.69 Å². The van der Waals surface area contributed by atoms with Gasteiger partial charge in [-0.2, -0.15) is 0 Å². The second-order valence-electron chi connectivity index (χ2n) is 5.21. The van der Waals surface area contributed by atoms with Crippen LogP contribution in [0.5, 0.6) is 0 Å². The third kappa shape index (κ3) is 3.74. The molecule has 0 bridgehead atoms. The summed E-state index contributed by atoms with van der Waals surface area (Å²) >= 11 is 0. The fourth-order valence-corrected chi connectivity index (χ4v) is 2.54. The van der Waals surface area contributed by atoms with Crippen molar-refractivity contribution < 1.29 is 19.1 Å². The first-order chi connectivity index (χ1) is 10.2. The van der Waals surface area contributed by atoms with E-state index in [0.29, 0.717) is 19.6 Å². The molecule has 0 N–H and O–H groups in total. The third-order valence-corrected chi connectivity index (χ3v) is 3.88. The summed E-state index contributed by atoms with van der Waals surface area (Å²) in [6, 6.07) is 9.73. The summed E-state index contributed by atoms with van der Waals surface area (Å²) in [5, 5.41) is 0. The first-order valence-electron chi connectivity index (χ1n) is 7.20. The van der Waals surface area contributed by atoms with Gasteiger partial charge in [0.25, 0.3) is 0 Å². The van der Waals surface area contributed by atoms with Crippen LogP contribution in [0.1, 0.15) is 31.4 Å². The Morgan fingerprint density at radius 2 is 2.14 bits per heavy atom. The Kier molecular flexibility index (Phi) is 5.20. The summed E-state index contributed by atoms with van der Waals surface area (Å²) in [4.78, 5) is 25.1. The van der Waals surface area contributed by atoms with Crippen molar-refractivity contribution in [1.82, 2.24) is 4.90 Å². The Morgan fingerprint density at radius 1 is 1.43 bits per heavy atom. The summed E-state index contributed by atoms with van der Waals surface area (Å²) < 4.78 is 9.89. The van der Waals surface area contributed by atoms with Gasteiger partial charge in [-0.15, -0.1) is 0 Å². The number of ether oxygens (including phenoxy) is 2. The van der Waals surface area contributed by atoms with Crippen molar-refractivity contribution in [3.05, 3.63) is 35.9 Å². The number of methoxy groups -OCH3 is 1. The molecule has 1 aromatic rings. The molecule has 1 aliphatic heterocycles. The summed E-state index contributed by atoms with van der Waals surface area (Å²) in [5.74, 6) is -0.167. The molecule has 0 saturated carbocycles. The van der Waals surface area contributed by atoms with Gasteiger partial charge in [-0.1, -0.05) is 43.7 Å². The minimum absolute atomic E-state index is 0.0781. The van der Waals surface area contributed by atoms with Crippen LogP contribution in [0.25, 0.3) is 0 Å². The highest BCUT2D eigenvalue weighted by molar-refractivity contribution is 5.71. The van der Waals surface area contributed by atoms with E-state index in [1.807, 2.05) is 37.3 Å². The van der Waals surface area contributed by atoms with E-state index in [2.05, 4.69) is 0 Å². The van der Waals surface area contributed by atoms with E-state index in [1.54, 1.807) is 4.90 Å². The predicted octanol–water partition coefficient (Wildman–Crippen LogP) is 2.77. The van der Waals surface area contributed by atoms with Crippen LogP contribution in [-0.4, -0.2) is 37.2 Å². The smallest absolute Gasteiger partial charge is 0.410 e. The molecule has 21 heavy (non-hydrogen) atoms. The van der Waals surface area contributed by atoms with Gasteiger partial charge in [-0.05, 0) is 11.5 Å². The molecular weight excluding hydrogens is 270 g/mol. The molecule has 1 heterocycles. The monoisotopic (exact) mass is 291 g/mol. The van der Waals surface area contributed by atoms with Gasteiger partial charge < -0.3 is 9.47 Å². The van der Waals surface area contributed by atoms with E-state index in [-0.39, 0.29) is 24.0 Å². The van der Waals surface area contributed by atoms with E-state index < -0.39 is 0 Å². The molecule has 1 amide bonds. The van der Waals surface area contributed by atoms with Crippen LogP contribution >= 0.6 is 0 Å². The van der Waals surface area contributed by atoms with E-state index in [1.165, 1.54) is 7.11 Å². The van der Waals surface area contributed by atoms with Crippen LogP contribution in [0.3, 0.4) is 0 Å². The number of rotatable bonds is 6. The van der Waals surface area contributed by atoms with Gasteiger partial charge >= 0.3 is 12.1 Å². The molecule has 114 valence electrons. The quantitative estimate of drug-likeness (QED) is 0.756. The minimum Gasteiger partial charge on any atom is -0.469 e. The Bertz CT molecular complexity index is 488. The summed E-state index contributed by atoms with van der Waals surface area (Å²) in [6.07, 6.45) is 0.811. The second kappa shape index (κ2) is 7.11. The van der Waals surface area contributed by atoms with Gasteiger partial charge in [0.2, 0.25) is 0 Å². The molecule has 2 rings (SSSR count). The molecule has 0 aromatic heterocycles. The molecule has 5 heteroatoms. The van der Waals surface area contributed by atoms with Crippen molar-refractivity contribution in [2.24, 2.45) is 5.92 Å². The number of amides is 1. The van der Waals surface area contributed by atoms with E-state index in [0.717, 1.165) is 12.0 Å². The number of nitrogens with zero attached hydrogens (tertiary/aromatic N) is 1. The molecule has 5 nitrogen and oxygen atoms in total. The maximum absolute atomic E-state index is 12.0. The van der Waals surface area contributed by atoms with E-state index >= 15 is 0 Å². The zero-order chi connectivity index (χ0) is 15.2. The minimum atomic E-state index is -0.313. The SMILES string of the molecule is CC[C@@H](CC(=O)OC)CN1C(=O)OC[C@@H]1c1ccccc1. The Labute approximate surface area is 124 Å². The number of cyclic esters (lactones) is 1. The molecule has 0 aliphatic carbocycles.